The molecule has 0 amide bonds. The number of hydrogen-bond donors (Lipinski definition) is 0. The van der Waals surface area contributed by atoms with E-state index in [9.17, 15) is 0 Å². The molecule has 0 bridgehead atoms. The number of hydrogen-bond acceptors (Lipinski definition) is 0. The summed E-state index contributed by atoms with van der Waals surface area (Å²) < 4.78 is 0. The van der Waals surface area contributed by atoms with Crippen LogP contribution in [0.4, 0.5) is 0 Å². The van der Waals surface area contributed by atoms with Crippen LogP contribution in [0.1, 0.15) is 11.1 Å². The van der Waals surface area contributed by atoms with Crippen LogP contribution in [0.15, 0.2) is 109 Å². The monoisotopic (exact) mass is 392 g/mol. The summed E-state index contributed by atoms with van der Waals surface area (Å²) in [5, 5.41) is 7.92. The van der Waals surface area contributed by atoms with Gasteiger partial charge in [0.1, 0.15) is 0 Å². The predicted molar refractivity (Wildman–Crippen MR) is 133 cm³/mol. The Morgan fingerprint density at radius 3 is 1.84 bits per heavy atom. The van der Waals surface area contributed by atoms with Gasteiger partial charge in [0.15, 0.2) is 0 Å². The summed E-state index contributed by atoms with van der Waals surface area (Å²) in [6.07, 6.45) is 1.02. The smallest absolute Gasteiger partial charge is 0.000706 e. The van der Waals surface area contributed by atoms with Crippen LogP contribution in [0, 0.1) is 0 Å². The first-order valence-corrected chi connectivity index (χ1v) is 10.9. The summed E-state index contributed by atoms with van der Waals surface area (Å²) in [4.78, 5) is 0. The van der Waals surface area contributed by atoms with Gasteiger partial charge in [-0.05, 0) is 90.3 Å². The largest absolute Gasteiger partial charge is 0.0616 e. The molecular formula is C31H20. The fraction of sp³-hybridized carbons (Fsp3) is 0.0323. The molecule has 144 valence electrons. The lowest BCUT2D eigenvalue weighted by atomic mass is 9.95. The highest BCUT2D eigenvalue weighted by Gasteiger charge is 2.21. The van der Waals surface area contributed by atoms with Gasteiger partial charge in [-0.2, -0.15) is 0 Å². The van der Waals surface area contributed by atoms with E-state index in [1.807, 2.05) is 0 Å². The van der Waals surface area contributed by atoms with Crippen LogP contribution >= 0.6 is 0 Å². The summed E-state index contributed by atoms with van der Waals surface area (Å²) in [5.74, 6) is 0. The van der Waals surface area contributed by atoms with Crippen LogP contribution in [0.5, 0.6) is 0 Å². The van der Waals surface area contributed by atoms with Crippen molar-refractivity contribution in [2.45, 2.75) is 6.42 Å². The Morgan fingerprint density at radius 1 is 0.419 bits per heavy atom. The van der Waals surface area contributed by atoms with Gasteiger partial charge in [-0.3, -0.25) is 0 Å². The van der Waals surface area contributed by atoms with Crippen molar-refractivity contribution in [1.82, 2.24) is 0 Å². The normalized spacial score (nSPS) is 12.4. The third-order valence-electron chi connectivity index (χ3n) is 6.84. The Labute approximate surface area is 181 Å². The van der Waals surface area contributed by atoms with Gasteiger partial charge < -0.3 is 0 Å². The van der Waals surface area contributed by atoms with Gasteiger partial charge in [0, 0.05) is 0 Å². The quantitative estimate of drug-likeness (QED) is 0.263. The first-order valence-electron chi connectivity index (χ1n) is 10.9. The Bertz CT molecular complexity index is 1650. The Balaban J connectivity index is 1.37. The zero-order valence-electron chi connectivity index (χ0n) is 17.1. The Hall–Kier alpha value is -3.90. The van der Waals surface area contributed by atoms with Crippen molar-refractivity contribution in [1.29, 1.82) is 0 Å². The molecule has 0 atom stereocenters. The predicted octanol–water partition coefficient (Wildman–Crippen LogP) is 8.38. The van der Waals surface area contributed by atoms with Crippen LogP contribution in [0.2, 0.25) is 0 Å². The Kier molecular flexibility index (Phi) is 3.42. The number of rotatable bonds is 1. The summed E-state index contributed by atoms with van der Waals surface area (Å²) >= 11 is 0. The van der Waals surface area contributed by atoms with Crippen molar-refractivity contribution in [2.75, 3.05) is 0 Å². The standard InChI is InChI=1S/C31H20/c1-2-6-21-15-24(10-9-20(21)5-1)25-11-13-28-26(16-25)12-14-29-30-18-23-8-4-3-7-22(23)17-27(30)19-31(28)29/h1-18H,19H2. The maximum Gasteiger partial charge on any atom is -0.000706 e. The molecule has 6 aromatic rings. The fourth-order valence-electron chi connectivity index (χ4n) is 5.26. The third kappa shape index (κ3) is 2.55. The lowest BCUT2D eigenvalue weighted by molar-refractivity contribution is 1.29. The highest BCUT2D eigenvalue weighted by Crippen LogP contribution is 2.42. The molecule has 6 aromatic carbocycles. The molecule has 31 heavy (non-hydrogen) atoms. The molecule has 0 spiro atoms. The van der Waals surface area contributed by atoms with E-state index in [-0.39, 0.29) is 0 Å². The SMILES string of the molecule is c1ccc2cc(-c3ccc4c5c(ccc4c3)-c3cc4ccccc4cc3C5)ccc2c1. The molecule has 0 unspecified atom stereocenters. The van der Waals surface area contributed by atoms with E-state index in [2.05, 4.69) is 109 Å². The van der Waals surface area contributed by atoms with Crippen molar-refractivity contribution >= 4 is 32.3 Å². The lowest BCUT2D eigenvalue weighted by Crippen LogP contribution is -1.86. The van der Waals surface area contributed by atoms with Crippen LogP contribution in [-0.2, 0) is 6.42 Å². The molecule has 1 aliphatic carbocycles. The first kappa shape index (κ1) is 16.8. The van der Waals surface area contributed by atoms with Crippen molar-refractivity contribution in [3.05, 3.63) is 120 Å². The second kappa shape index (κ2) is 6.30. The zero-order chi connectivity index (χ0) is 20.4. The van der Waals surface area contributed by atoms with Gasteiger partial charge in [0.05, 0.1) is 0 Å². The summed E-state index contributed by atoms with van der Waals surface area (Å²) in [6, 6.07) is 40.3. The van der Waals surface area contributed by atoms with Gasteiger partial charge in [0.2, 0.25) is 0 Å². The van der Waals surface area contributed by atoms with Gasteiger partial charge in [-0.25, -0.2) is 0 Å². The molecule has 0 aromatic heterocycles. The molecule has 0 saturated carbocycles. The van der Waals surface area contributed by atoms with Gasteiger partial charge in [-0.15, -0.1) is 0 Å². The molecule has 0 saturated heterocycles. The van der Waals surface area contributed by atoms with E-state index in [4.69, 9.17) is 0 Å². The highest BCUT2D eigenvalue weighted by molar-refractivity contribution is 6.00. The van der Waals surface area contributed by atoms with E-state index < -0.39 is 0 Å². The molecule has 0 nitrogen and oxygen atoms in total. The number of fused-ring (bicyclic) bond motifs is 7. The van der Waals surface area contributed by atoms with Gasteiger partial charge in [0.25, 0.3) is 0 Å². The van der Waals surface area contributed by atoms with Crippen molar-refractivity contribution in [2.24, 2.45) is 0 Å². The van der Waals surface area contributed by atoms with E-state index in [1.165, 1.54) is 65.7 Å². The van der Waals surface area contributed by atoms with E-state index in [0.29, 0.717) is 0 Å². The van der Waals surface area contributed by atoms with Crippen LogP contribution in [-0.4, -0.2) is 0 Å². The molecule has 7 rings (SSSR count). The molecule has 0 fully saturated rings. The van der Waals surface area contributed by atoms with E-state index in [1.54, 1.807) is 0 Å². The van der Waals surface area contributed by atoms with Crippen molar-refractivity contribution < 1.29 is 0 Å². The van der Waals surface area contributed by atoms with Crippen molar-refractivity contribution in [3.63, 3.8) is 0 Å². The minimum absolute atomic E-state index is 1.02. The van der Waals surface area contributed by atoms with Crippen LogP contribution in [0.25, 0.3) is 54.6 Å². The topological polar surface area (TPSA) is 0 Å². The minimum atomic E-state index is 1.02. The molecule has 0 aliphatic heterocycles. The summed E-state index contributed by atoms with van der Waals surface area (Å²) in [6.45, 7) is 0. The molecule has 0 N–H and O–H groups in total. The first-order chi connectivity index (χ1) is 15.3. The molecule has 0 heterocycles. The minimum Gasteiger partial charge on any atom is -0.0616 e. The molecule has 1 aliphatic rings. The number of benzene rings is 6. The van der Waals surface area contributed by atoms with Crippen molar-refractivity contribution in [3.8, 4) is 22.3 Å². The van der Waals surface area contributed by atoms with E-state index in [0.717, 1.165) is 6.42 Å². The molecule has 0 heteroatoms. The maximum atomic E-state index is 2.37. The lowest BCUT2D eigenvalue weighted by Gasteiger charge is -2.09. The van der Waals surface area contributed by atoms with Gasteiger partial charge >= 0.3 is 0 Å². The van der Waals surface area contributed by atoms with E-state index >= 15 is 0 Å². The molecule has 0 radical (unpaired) electrons. The fourth-order valence-corrected chi connectivity index (χ4v) is 5.26. The second-order valence-electron chi connectivity index (χ2n) is 8.62. The van der Waals surface area contributed by atoms with Crippen LogP contribution in [0.3, 0.4) is 0 Å². The second-order valence-corrected chi connectivity index (χ2v) is 8.62. The van der Waals surface area contributed by atoms with Crippen LogP contribution < -0.4 is 0 Å². The average molecular weight is 393 g/mol. The summed E-state index contributed by atoms with van der Waals surface area (Å²) in [7, 11) is 0. The summed E-state index contributed by atoms with van der Waals surface area (Å²) in [5.41, 5.74) is 8.25. The average Bonchev–Trinajstić information content (AvgIpc) is 3.19. The highest BCUT2D eigenvalue weighted by atomic mass is 14.2. The Morgan fingerprint density at radius 2 is 1.03 bits per heavy atom. The zero-order valence-corrected chi connectivity index (χ0v) is 17.1. The maximum absolute atomic E-state index is 2.37. The third-order valence-corrected chi connectivity index (χ3v) is 6.84. The molecular weight excluding hydrogens is 372 g/mol. The van der Waals surface area contributed by atoms with Gasteiger partial charge in [-0.1, -0.05) is 91.0 Å².